The first-order valence-electron chi connectivity index (χ1n) is 5.89. The van der Waals surface area contributed by atoms with Gasteiger partial charge < -0.3 is 15.2 Å². The molecule has 18 heavy (non-hydrogen) atoms. The lowest BCUT2D eigenvalue weighted by Gasteiger charge is -2.08. The summed E-state index contributed by atoms with van der Waals surface area (Å²) in [7, 11) is 0. The Hall–Kier alpha value is -1.04. The van der Waals surface area contributed by atoms with E-state index in [-0.39, 0.29) is 12.5 Å². The molecule has 0 aliphatic rings. The SMILES string of the molecule is CSc1ccccc1C(=O)NCCCOCCO. The summed E-state index contributed by atoms with van der Waals surface area (Å²) in [6.45, 7) is 1.51. The van der Waals surface area contributed by atoms with Gasteiger partial charge in [-0.1, -0.05) is 12.1 Å². The number of amides is 1. The molecule has 0 aliphatic carbocycles. The van der Waals surface area contributed by atoms with Crippen LogP contribution >= 0.6 is 11.8 Å². The Bertz CT molecular complexity index is 371. The number of carbonyl (C=O) groups is 1. The molecule has 100 valence electrons. The van der Waals surface area contributed by atoms with E-state index in [1.165, 1.54) is 0 Å². The molecule has 1 amide bonds. The molecule has 1 aromatic rings. The Morgan fingerprint density at radius 2 is 2.17 bits per heavy atom. The Morgan fingerprint density at radius 3 is 2.89 bits per heavy atom. The fourth-order valence-corrected chi connectivity index (χ4v) is 2.07. The van der Waals surface area contributed by atoms with Gasteiger partial charge in [-0.15, -0.1) is 11.8 Å². The number of thioether (sulfide) groups is 1. The summed E-state index contributed by atoms with van der Waals surface area (Å²) in [5.74, 6) is -0.0536. The number of aliphatic hydroxyl groups is 1. The highest BCUT2D eigenvalue weighted by molar-refractivity contribution is 7.98. The molecule has 4 nitrogen and oxygen atoms in total. The minimum atomic E-state index is -0.0536. The third-order valence-corrected chi connectivity index (χ3v) is 3.13. The Balaban J connectivity index is 2.32. The van der Waals surface area contributed by atoms with E-state index in [9.17, 15) is 4.79 Å². The summed E-state index contributed by atoms with van der Waals surface area (Å²) in [5.41, 5.74) is 0.710. The number of hydrogen-bond acceptors (Lipinski definition) is 4. The Morgan fingerprint density at radius 1 is 1.39 bits per heavy atom. The molecule has 0 atom stereocenters. The summed E-state index contributed by atoms with van der Waals surface area (Å²) in [4.78, 5) is 12.9. The molecule has 0 spiro atoms. The minimum absolute atomic E-state index is 0.0352. The van der Waals surface area contributed by atoms with Gasteiger partial charge in [-0.05, 0) is 24.8 Å². The molecule has 0 radical (unpaired) electrons. The van der Waals surface area contributed by atoms with Gasteiger partial charge in [0.05, 0.1) is 18.8 Å². The third kappa shape index (κ3) is 5.08. The molecule has 1 rings (SSSR count). The fourth-order valence-electron chi connectivity index (χ4n) is 1.47. The van der Waals surface area contributed by atoms with Crippen molar-refractivity contribution < 1.29 is 14.6 Å². The monoisotopic (exact) mass is 269 g/mol. The van der Waals surface area contributed by atoms with Crippen LogP contribution in [0.15, 0.2) is 29.2 Å². The molecule has 0 unspecified atom stereocenters. The summed E-state index contributed by atoms with van der Waals surface area (Å²) < 4.78 is 5.11. The minimum Gasteiger partial charge on any atom is -0.394 e. The van der Waals surface area contributed by atoms with Crippen LogP contribution in [0.4, 0.5) is 0 Å². The van der Waals surface area contributed by atoms with E-state index in [4.69, 9.17) is 9.84 Å². The van der Waals surface area contributed by atoms with Gasteiger partial charge in [0.15, 0.2) is 0 Å². The highest BCUT2D eigenvalue weighted by Crippen LogP contribution is 2.19. The lowest BCUT2D eigenvalue weighted by atomic mass is 10.2. The number of rotatable bonds is 8. The smallest absolute Gasteiger partial charge is 0.252 e. The van der Waals surface area contributed by atoms with Crippen LogP contribution in [0.2, 0.25) is 0 Å². The van der Waals surface area contributed by atoms with Crippen LogP contribution in [-0.2, 0) is 4.74 Å². The fraction of sp³-hybridized carbons (Fsp3) is 0.462. The Labute approximate surface area is 112 Å². The zero-order valence-electron chi connectivity index (χ0n) is 10.5. The maximum absolute atomic E-state index is 11.9. The zero-order valence-corrected chi connectivity index (χ0v) is 11.3. The van der Waals surface area contributed by atoms with Crippen LogP contribution in [0.25, 0.3) is 0 Å². The standard InChI is InChI=1S/C13H19NO3S/c1-18-12-6-3-2-5-11(12)13(16)14-7-4-9-17-10-8-15/h2-3,5-6,15H,4,7-10H2,1H3,(H,14,16). The van der Waals surface area contributed by atoms with E-state index in [2.05, 4.69) is 5.32 Å². The van der Waals surface area contributed by atoms with Gasteiger partial charge in [0.25, 0.3) is 5.91 Å². The topological polar surface area (TPSA) is 58.6 Å². The molecule has 0 bridgehead atoms. The first-order valence-corrected chi connectivity index (χ1v) is 7.12. The molecule has 0 aliphatic heterocycles. The van der Waals surface area contributed by atoms with E-state index in [0.717, 1.165) is 11.3 Å². The second kappa shape index (κ2) is 8.97. The number of aliphatic hydroxyl groups excluding tert-OH is 1. The number of hydrogen-bond donors (Lipinski definition) is 2. The number of ether oxygens (including phenoxy) is 1. The first kappa shape index (κ1) is 15.0. The quantitative estimate of drug-likeness (QED) is 0.555. The van der Waals surface area contributed by atoms with Crippen molar-refractivity contribution in [1.29, 1.82) is 0 Å². The van der Waals surface area contributed by atoms with Gasteiger partial charge in [-0.3, -0.25) is 4.79 Å². The van der Waals surface area contributed by atoms with Gasteiger partial charge in [-0.25, -0.2) is 0 Å². The van der Waals surface area contributed by atoms with Gasteiger partial charge in [0.2, 0.25) is 0 Å². The lowest BCUT2D eigenvalue weighted by Crippen LogP contribution is -2.25. The molecular formula is C13H19NO3S. The average Bonchev–Trinajstić information content (AvgIpc) is 2.42. The molecule has 1 aromatic carbocycles. The zero-order chi connectivity index (χ0) is 13.2. The normalized spacial score (nSPS) is 10.3. The van der Waals surface area contributed by atoms with Gasteiger partial charge in [0, 0.05) is 18.0 Å². The molecule has 0 heterocycles. The predicted octanol–water partition coefficient (Wildman–Crippen LogP) is 1.54. The first-order chi connectivity index (χ1) is 8.79. The van der Waals surface area contributed by atoms with Crippen molar-refractivity contribution in [2.45, 2.75) is 11.3 Å². The van der Waals surface area contributed by atoms with Crippen LogP contribution in [0.1, 0.15) is 16.8 Å². The molecule has 0 fully saturated rings. The second-order valence-electron chi connectivity index (χ2n) is 3.65. The van der Waals surface area contributed by atoms with Crippen molar-refractivity contribution in [1.82, 2.24) is 5.32 Å². The van der Waals surface area contributed by atoms with Crippen LogP contribution in [-0.4, -0.2) is 43.6 Å². The number of benzene rings is 1. The van der Waals surface area contributed by atoms with Crippen molar-refractivity contribution in [2.75, 3.05) is 32.6 Å². The van der Waals surface area contributed by atoms with Crippen LogP contribution < -0.4 is 5.32 Å². The van der Waals surface area contributed by atoms with E-state index in [1.807, 2.05) is 30.5 Å². The highest BCUT2D eigenvalue weighted by atomic mass is 32.2. The molecule has 5 heteroatoms. The van der Waals surface area contributed by atoms with E-state index >= 15 is 0 Å². The highest BCUT2D eigenvalue weighted by Gasteiger charge is 2.08. The van der Waals surface area contributed by atoms with Crippen molar-refractivity contribution >= 4 is 17.7 Å². The van der Waals surface area contributed by atoms with Crippen molar-refractivity contribution in [3.8, 4) is 0 Å². The van der Waals surface area contributed by atoms with Crippen LogP contribution in [0, 0.1) is 0 Å². The predicted molar refractivity (Wildman–Crippen MR) is 73.1 cm³/mol. The van der Waals surface area contributed by atoms with Crippen molar-refractivity contribution in [3.05, 3.63) is 29.8 Å². The molecule has 0 aromatic heterocycles. The maximum Gasteiger partial charge on any atom is 0.252 e. The molecular weight excluding hydrogens is 250 g/mol. The van der Waals surface area contributed by atoms with Crippen molar-refractivity contribution in [3.63, 3.8) is 0 Å². The summed E-state index contributed by atoms with van der Waals surface area (Å²) in [6.07, 6.45) is 2.70. The van der Waals surface area contributed by atoms with Gasteiger partial charge in [-0.2, -0.15) is 0 Å². The van der Waals surface area contributed by atoms with E-state index < -0.39 is 0 Å². The molecule has 0 saturated heterocycles. The lowest BCUT2D eigenvalue weighted by molar-refractivity contribution is 0.0866. The number of carbonyl (C=O) groups excluding carboxylic acids is 1. The molecule has 0 saturated carbocycles. The third-order valence-electron chi connectivity index (χ3n) is 2.34. The summed E-state index contributed by atoms with van der Waals surface area (Å²) in [6, 6.07) is 7.54. The van der Waals surface area contributed by atoms with E-state index in [1.54, 1.807) is 11.8 Å². The Kier molecular flexibility index (Phi) is 7.48. The largest absolute Gasteiger partial charge is 0.394 e. The molecule has 2 N–H and O–H groups in total. The van der Waals surface area contributed by atoms with Crippen molar-refractivity contribution in [2.24, 2.45) is 0 Å². The van der Waals surface area contributed by atoms with Gasteiger partial charge in [0.1, 0.15) is 0 Å². The van der Waals surface area contributed by atoms with Crippen LogP contribution in [0.5, 0.6) is 0 Å². The summed E-state index contributed by atoms with van der Waals surface area (Å²) >= 11 is 1.56. The number of nitrogens with one attached hydrogen (secondary N) is 1. The van der Waals surface area contributed by atoms with Gasteiger partial charge >= 0.3 is 0 Å². The van der Waals surface area contributed by atoms with Crippen LogP contribution in [0.3, 0.4) is 0 Å². The van der Waals surface area contributed by atoms with E-state index in [0.29, 0.717) is 25.3 Å². The summed E-state index contributed by atoms with van der Waals surface area (Å²) in [5, 5.41) is 11.4. The maximum atomic E-state index is 11.9. The average molecular weight is 269 g/mol. The second-order valence-corrected chi connectivity index (χ2v) is 4.49.